The molecule has 32 heavy (non-hydrogen) atoms. The van der Waals surface area contributed by atoms with Crippen LogP contribution in [0.4, 0.5) is 5.82 Å². The molecule has 0 atom stereocenters. The van der Waals surface area contributed by atoms with Crippen molar-refractivity contribution in [1.29, 1.82) is 0 Å². The zero-order valence-corrected chi connectivity index (χ0v) is 18.8. The average Bonchev–Trinajstić information content (AvgIpc) is 2.85. The number of thioether (sulfide) groups is 1. The summed E-state index contributed by atoms with van der Waals surface area (Å²) in [4.78, 5) is 35.3. The van der Waals surface area contributed by atoms with Gasteiger partial charge in [0, 0.05) is 31.2 Å². The van der Waals surface area contributed by atoms with E-state index < -0.39 is 5.41 Å². The third kappa shape index (κ3) is 4.71. The highest BCUT2D eigenvalue weighted by molar-refractivity contribution is 7.98. The maximum atomic E-state index is 13.4. The molecule has 0 radical (unpaired) electrons. The third-order valence-corrected chi connectivity index (χ3v) is 5.85. The van der Waals surface area contributed by atoms with Gasteiger partial charge in [-0.1, -0.05) is 11.8 Å². The molecule has 1 N–H and O–H groups in total. The fraction of sp³-hybridized carbons (Fsp3) is 0.364. The molecule has 0 bridgehead atoms. The lowest BCUT2D eigenvalue weighted by Crippen LogP contribution is -2.45. The highest BCUT2D eigenvalue weighted by Crippen LogP contribution is 2.35. The van der Waals surface area contributed by atoms with E-state index in [2.05, 4.69) is 30.2 Å². The van der Waals surface area contributed by atoms with Crippen LogP contribution in [0.3, 0.4) is 0 Å². The van der Waals surface area contributed by atoms with E-state index >= 15 is 0 Å². The Bertz CT molecular complexity index is 1070. The van der Waals surface area contributed by atoms with Crippen LogP contribution in [0.25, 0.3) is 11.3 Å². The lowest BCUT2D eigenvalue weighted by Gasteiger charge is -2.35. The number of ether oxygens (including phenoxy) is 2. The SMILES string of the molecule is CCOc1cncc(-c2ccc(NC(=O)C3(c4ccnc(SC)n4)CCOCC3)nc2)n1. The number of pyridine rings is 1. The summed E-state index contributed by atoms with van der Waals surface area (Å²) in [5.74, 6) is 0.765. The molecule has 1 fully saturated rings. The maximum absolute atomic E-state index is 13.4. The summed E-state index contributed by atoms with van der Waals surface area (Å²) in [5, 5.41) is 3.60. The fourth-order valence-corrected chi connectivity index (χ4v) is 3.94. The lowest BCUT2D eigenvalue weighted by atomic mass is 9.76. The summed E-state index contributed by atoms with van der Waals surface area (Å²) in [5.41, 5.74) is 1.34. The normalized spacial score (nSPS) is 15.2. The second-order valence-electron chi connectivity index (χ2n) is 7.18. The van der Waals surface area contributed by atoms with Crippen LogP contribution in [0.5, 0.6) is 5.88 Å². The first-order valence-corrected chi connectivity index (χ1v) is 11.5. The number of amides is 1. The summed E-state index contributed by atoms with van der Waals surface area (Å²) in [6, 6.07) is 5.41. The highest BCUT2D eigenvalue weighted by atomic mass is 32.2. The highest BCUT2D eigenvalue weighted by Gasteiger charge is 2.43. The molecule has 0 aromatic carbocycles. The van der Waals surface area contributed by atoms with Crippen molar-refractivity contribution in [3.05, 3.63) is 48.7 Å². The van der Waals surface area contributed by atoms with E-state index in [9.17, 15) is 4.79 Å². The lowest BCUT2D eigenvalue weighted by molar-refractivity contribution is -0.125. The van der Waals surface area contributed by atoms with Gasteiger partial charge in [0.2, 0.25) is 11.8 Å². The molecule has 0 aliphatic carbocycles. The molecule has 9 nitrogen and oxygen atoms in total. The summed E-state index contributed by atoms with van der Waals surface area (Å²) in [6.07, 6.45) is 9.57. The topological polar surface area (TPSA) is 112 Å². The number of hydrogen-bond donors (Lipinski definition) is 1. The van der Waals surface area contributed by atoms with Crippen molar-refractivity contribution in [3.63, 3.8) is 0 Å². The van der Waals surface area contributed by atoms with Crippen LogP contribution < -0.4 is 10.1 Å². The number of nitrogens with one attached hydrogen (secondary N) is 1. The number of hydrogen-bond acceptors (Lipinski definition) is 9. The predicted molar refractivity (Wildman–Crippen MR) is 121 cm³/mol. The van der Waals surface area contributed by atoms with Gasteiger partial charge in [-0.2, -0.15) is 0 Å². The van der Waals surface area contributed by atoms with Crippen molar-refractivity contribution < 1.29 is 14.3 Å². The van der Waals surface area contributed by atoms with Crippen LogP contribution >= 0.6 is 11.8 Å². The van der Waals surface area contributed by atoms with E-state index in [-0.39, 0.29) is 5.91 Å². The molecule has 4 rings (SSSR count). The van der Waals surface area contributed by atoms with Crippen LogP contribution in [-0.4, -0.2) is 56.9 Å². The molecule has 4 heterocycles. The first-order chi connectivity index (χ1) is 15.6. The van der Waals surface area contributed by atoms with E-state index in [0.29, 0.717) is 60.9 Å². The summed E-state index contributed by atoms with van der Waals surface area (Å²) >= 11 is 1.45. The first-order valence-electron chi connectivity index (χ1n) is 10.3. The molecular formula is C22H24N6O3S. The smallest absolute Gasteiger partial charge is 0.237 e. The number of anilines is 1. The molecular weight excluding hydrogens is 428 g/mol. The predicted octanol–water partition coefficient (Wildman–Crippen LogP) is 3.14. The van der Waals surface area contributed by atoms with E-state index in [0.717, 1.165) is 5.56 Å². The third-order valence-electron chi connectivity index (χ3n) is 5.29. The van der Waals surface area contributed by atoms with Crippen LogP contribution in [0.2, 0.25) is 0 Å². The molecule has 3 aromatic rings. The Morgan fingerprint density at radius 2 is 2.00 bits per heavy atom. The molecule has 0 saturated carbocycles. The summed E-state index contributed by atoms with van der Waals surface area (Å²) < 4.78 is 10.9. The molecule has 1 aliphatic rings. The molecule has 3 aromatic heterocycles. The van der Waals surface area contributed by atoms with E-state index in [1.54, 1.807) is 30.9 Å². The Hall–Kier alpha value is -3.11. The zero-order valence-electron chi connectivity index (χ0n) is 17.9. The van der Waals surface area contributed by atoms with Gasteiger partial charge in [0.05, 0.1) is 35.8 Å². The van der Waals surface area contributed by atoms with Gasteiger partial charge in [0.1, 0.15) is 5.82 Å². The number of aromatic nitrogens is 5. The molecule has 1 saturated heterocycles. The average molecular weight is 453 g/mol. The Morgan fingerprint density at radius 3 is 2.72 bits per heavy atom. The van der Waals surface area contributed by atoms with Crippen molar-refractivity contribution >= 4 is 23.5 Å². The first kappa shape index (κ1) is 22.1. The van der Waals surface area contributed by atoms with Crippen molar-refractivity contribution in [2.24, 2.45) is 0 Å². The van der Waals surface area contributed by atoms with Crippen LogP contribution in [0.1, 0.15) is 25.5 Å². The van der Waals surface area contributed by atoms with E-state index in [4.69, 9.17) is 9.47 Å². The Balaban J connectivity index is 1.55. The molecule has 166 valence electrons. The molecule has 10 heteroatoms. The van der Waals surface area contributed by atoms with Gasteiger partial charge in [-0.3, -0.25) is 9.78 Å². The second-order valence-corrected chi connectivity index (χ2v) is 7.96. The Labute approximate surface area is 190 Å². The zero-order chi connectivity index (χ0) is 22.4. The second kappa shape index (κ2) is 10.0. The quantitative estimate of drug-likeness (QED) is 0.427. The summed E-state index contributed by atoms with van der Waals surface area (Å²) in [6.45, 7) is 3.39. The minimum Gasteiger partial charge on any atom is -0.477 e. The molecule has 1 amide bonds. The molecule has 0 spiro atoms. The van der Waals surface area contributed by atoms with Crippen molar-refractivity contribution in [2.45, 2.75) is 30.3 Å². The van der Waals surface area contributed by atoms with Gasteiger partial charge in [0.15, 0.2) is 5.16 Å². The van der Waals surface area contributed by atoms with Crippen LogP contribution in [-0.2, 0) is 14.9 Å². The monoisotopic (exact) mass is 452 g/mol. The minimum absolute atomic E-state index is 0.148. The number of rotatable bonds is 7. The van der Waals surface area contributed by atoms with Crippen molar-refractivity contribution in [3.8, 4) is 17.1 Å². The Kier molecular flexibility index (Phi) is 6.91. The number of carbonyl (C=O) groups is 1. The number of carbonyl (C=O) groups excluding carboxylic acids is 1. The Morgan fingerprint density at radius 1 is 1.16 bits per heavy atom. The van der Waals surface area contributed by atoms with Gasteiger partial charge >= 0.3 is 0 Å². The van der Waals surface area contributed by atoms with Crippen LogP contribution in [0, 0.1) is 0 Å². The van der Waals surface area contributed by atoms with E-state index in [1.165, 1.54) is 11.8 Å². The van der Waals surface area contributed by atoms with Gasteiger partial charge < -0.3 is 14.8 Å². The van der Waals surface area contributed by atoms with Gasteiger partial charge in [-0.15, -0.1) is 0 Å². The van der Waals surface area contributed by atoms with Gasteiger partial charge in [0.25, 0.3) is 0 Å². The fourth-order valence-electron chi connectivity index (χ4n) is 3.58. The standard InChI is InChI=1S/C22H24N6O3S/c1-3-31-19-14-23-13-16(26-19)15-4-5-18(25-12-15)28-20(29)22(7-10-30-11-8-22)17-6-9-24-21(27-17)32-2/h4-6,9,12-14H,3,7-8,10-11H2,1-2H3,(H,25,28,29). The molecule has 0 unspecified atom stereocenters. The summed E-state index contributed by atoms with van der Waals surface area (Å²) in [7, 11) is 0. The van der Waals surface area contributed by atoms with Gasteiger partial charge in [-0.25, -0.2) is 19.9 Å². The largest absolute Gasteiger partial charge is 0.477 e. The minimum atomic E-state index is -0.788. The van der Waals surface area contributed by atoms with Crippen molar-refractivity contribution in [1.82, 2.24) is 24.9 Å². The van der Waals surface area contributed by atoms with Crippen LogP contribution in [0.15, 0.2) is 48.1 Å². The molecule has 1 aliphatic heterocycles. The van der Waals surface area contributed by atoms with Gasteiger partial charge in [-0.05, 0) is 44.2 Å². The van der Waals surface area contributed by atoms with Crippen molar-refractivity contribution in [2.75, 3.05) is 31.4 Å². The van der Waals surface area contributed by atoms with E-state index in [1.807, 2.05) is 25.3 Å². The number of nitrogens with zero attached hydrogens (tertiary/aromatic N) is 5. The maximum Gasteiger partial charge on any atom is 0.237 e.